The monoisotopic (exact) mass is 365 g/mol. The van der Waals surface area contributed by atoms with Gasteiger partial charge in [-0.1, -0.05) is 27.5 Å². The van der Waals surface area contributed by atoms with Gasteiger partial charge in [-0.3, -0.25) is 0 Å². The Bertz CT molecular complexity index is 726. The van der Waals surface area contributed by atoms with Crippen LogP contribution in [0.4, 0.5) is 10.3 Å². The zero-order valence-electron chi connectivity index (χ0n) is 9.14. The van der Waals surface area contributed by atoms with Crippen molar-refractivity contribution in [3.63, 3.8) is 0 Å². The quantitative estimate of drug-likeness (QED) is 0.848. The van der Waals surface area contributed by atoms with Gasteiger partial charge in [-0.15, -0.1) is 0 Å². The van der Waals surface area contributed by atoms with Crippen LogP contribution in [0, 0.1) is 5.82 Å². The Kier molecular flexibility index (Phi) is 4.02. The van der Waals surface area contributed by atoms with E-state index in [0.717, 1.165) is 12.1 Å². The van der Waals surface area contributed by atoms with Crippen molar-refractivity contribution in [1.82, 2.24) is 9.97 Å². The first kappa shape index (κ1) is 14.2. The zero-order chi connectivity index (χ0) is 14.0. The Morgan fingerprint density at radius 3 is 2.68 bits per heavy atom. The molecule has 1 heterocycles. The lowest BCUT2D eigenvalue weighted by molar-refractivity contribution is 0.569. The van der Waals surface area contributed by atoms with Gasteiger partial charge in [-0.2, -0.15) is 0 Å². The van der Waals surface area contributed by atoms with Crippen molar-refractivity contribution in [3.8, 4) is 0 Å². The largest absolute Gasteiger partial charge is 0.267 e. The maximum absolute atomic E-state index is 13.6. The predicted molar refractivity (Wildman–Crippen MR) is 72.0 cm³/mol. The first-order valence-corrected chi connectivity index (χ1v) is 7.50. The van der Waals surface area contributed by atoms with Crippen LogP contribution < -0.4 is 4.72 Å². The average Bonchev–Trinajstić information content (AvgIpc) is 2.27. The third kappa shape index (κ3) is 3.40. The summed E-state index contributed by atoms with van der Waals surface area (Å²) >= 11 is 8.65. The molecule has 2 rings (SSSR count). The molecule has 0 aliphatic carbocycles. The Balaban J connectivity index is 2.38. The Morgan fingerprint density at radius 2 is 2.05 bits per heavy atom. The Labute approximate surface area is 122 Å². The van der Waals surface area contributed by atoms with Crippen LogP contribution in [0.2, 0.25) is 5.15 Å². The van der Waals surface area contributed by atoms with Crippen LogP contribution in [-0.2, 0) is 10.0 Å². The summed E-state index contributed by atoms with van der Waals surface area (Å²) < 4.78 is 40.0. The minimum Gasteiger partial charge on any atom is -0.247 e. The maximum Gasteiger partial charge on any atom is 0.267 e. The van der Waals surface area contributed by atoms with Crippen molar-refractivity contribution < 1.29 is 12.8 Å². The van der Waals surface area contributed by atoms with E-state index in [4.69, 9.17) is 11.6 Å². The van der Waals surface area contributed by atoms with Crippen LogP contribution >= 0.6 is 27.5 Å². The van der Waals surface area contributed by atoms with Crippen molar-refractivity contribution in [2.24, 2.45) is 0 Å². The number of hydrogen-bond donors (Lipinski definition) is 1. The fourth-order valence-corrected chi connectivity index (χ4v) is 2.74. The molecule has 0 spiro atoms. The molecule has 0 fully saturated rings. The molecule has 1 N–H and O–H groups in total. The van der Waals surface area contributed by atoms with Crippen LogP contribution in [0.1, 0.15) is 0 Å². The van der Waals surface area contributed by atoms with Gasteiger partial charge in [0.25, 0.3) is 10.0 Å². The predicted octanol–water partition coefficient (Wildman–Crippen LogP) is 2.83. The molecule has 9 heteroatoms. The summed E-state index contributed by atoms with van der Waals surface area (Å²) in [5.74, 6) is -1.11. The van der Waals surface area contributed by atoms with E-state index in [0.29, 0.717) is 4.47 Å². The minimum atomic E-state index is -4.11. The molecule has 0 aliphatic rings. The van der Waals surface area contributed by atoms with Crippen LogP contribution in [0.15, 0.2) is 39.8 Å². The molecule has 0 bridgehead atoms. The summed E-state index contributed by atoms with van der Waals surface area (Å²) in [6.07, 6.45) is 1.28. The molecule has 1 aromatic carbocycles. The molecular weight excluding hydrogens is 361 g/mol. The normalized spacial score (nSPS) is 11.3. The summed E-state index contributed by atoms with van der Waals surface area (Å²) in [6, 6.07) is 4.98. The second kappa shape index (κ2) is 5.40. The van der Waals surface area contributed by atoms with E-state index in [1.165, 1.54) is 18.3 Å². The summed E-state index contributed by atoms with van der Waals surface area (Å²) in [5, 5.41) is 0.0731. The minimum absolute atomic E-state index is 0.0731. The van der Waals surface area contributed by atoms with E-state index in [1.807, 2.05) is 4.72 Å². The van der Waals surface area contributed by atoms with Crippen molar-refractivity contribution in [2.75, 3.05) is 4.72 Å². The number of rotatable bonds is 3. The third-order valence-corrected chi connectivity index (χ3v) is 4.10. The van der Waals surface area contributed by atoms with Crippen LogP contribution in [0.5, 0.6) is 0 Å². The molecule has 2 aromatic rings. The van der Waals surface area contributed by atoms with E-state index in [2.05, 4.69) is 25.9 Å². The first-order chi connectivity index (χ1) is 8.88. The lowest BCUT2D eigenvalue weighted by Gasteiger charge is -2.07. The molecule has 5 nitrogen and oxygen atoms in total. The molecule has 0 unspecified atom stereocenters. The van der Waals surface area contributed by atoms with Gasteiger partial charge in [-0.25, -0.2) is 27.5 Å². The molecule has 1 aromatic heterocycles. The maximum atomic E-state index is 13.6. The van der Waals surface area contributed by atoms with Crippen LogP contribution in [-0.4, -0.2) is 18.4 Å². The van der Waals surface area contributed by atoms with E-state index in [-0.39, 0.29) is 11.1 Å². The van der Waals surface area contributed by atoms with Gasteiger partial charge >= 0.3 is 0 Å². The molecular formula is C10H6BrClFN3O2S. The van der Waals surface area contributed by atoms with E-state index >= 15 is 0 Å². The van der Waals surface area contributed by atoms with Gasteiger partial charge in [0.2, 0.25) is 5.95 Å². The lowest BCUT2D eigenvalue weighted by atomic mass is 10.3. The van der Waals surface area contributed by atoms with Crippen molar-refractivity contribution in [1.29, 1.82) is 0 Å². The number of hydrogen-bond acceptors (Lipinski definition) is 4. The summed E-state index contributed by atoms with van der Waals surface area (Å²) in [7, 11) is -4.11. The molecule has 0 aliphatic heterocycles. The SMILES string of the molecule is O=S(=O)(Nc1nccc(Cl)n1)c1ccc(Br)cc1F. The lowest BCUT2D eigenvalue weighted by Crippen LogP contribution is -2.16. The first-order valence-electron chi connectivity index (χ1n) is 4.85. The van der Waals surface area contributed by atoms with Crippen molar-refractivity contribution in [2.45, 2.75) is 4.90 Å². The summed E-state index contributed by atoms with van der Waals surface area (Å²) in [5.41, 5.74) is 0. The van der Waals surface area contributed by atoms with E-state index < -0.39 is 20.7 Å². The standard InChI is InChI=1S/C10H6BrClFN3O2S/c11-6-1-2-8(7(13)5-6)19(17,18)16-10-14-4-3-9(12)15-10/h1-5H,(H,14,15,16). The number of benzene rings is 1. The molecule has 0 radical (unpaired) electrons. The molecule has 19 heavy (non-hydrogen) atoms. The van der Waals surface area contributed by atoms with Gasteiger partial charge in [0.05, 0.1) is 0 Å². The number of anilines is 1. The number of aromatic nitrogens is 2. The smallest absolute Gasteiger partial charge is 0.247 e. The van der Waals surface area contributed by atoms with Gasteiger partial charge in [0, 0.05) is 10.7 Å². The molecule has 100 valence electrons. The fourth-order valence-electron chi connectivity index (χ4n) is 1.25. The number of nitrogens with one attached hydrogen (secondary N) is 1. The highest BCUT2D eigenvalue weighted by atomic mass is 79.9. The molecule has 0 amide bonds. The highest BCUT2D eigenvalue weighted by Crippen LogP contribution is 2.21. The number of sulfonamides is 1. The van der Waals surface area contributed by atoms with Gasteiger partial charge in [-0.05, 0) is 24.3 Å². The molecule has 0 saturated carbocycles. The second-order valence-electron chi connectivity index (χ2n) is 3.38. The molecule has 0 atom stereocenters. The van der Waals surface area contributed by atoms with Crippen LogP contribution in [0.25, 0.3) is 0 Å². The second-order valence-corrected chi connectivity index (χ2v) is 6.34. The average molecular weight is 367 g/mol. The Hall–Kier alpha value is -1.25. The van der Waals surface area contributed by atoms with Gasteiger partial charge in [0.15, 0.2) is 0 Å². The van der Waals surface area contributed by atoms with Gasteiger partial charge in [0.1, 0.15) is 15.9 Å². The van der Waals surface area contributed by atoms with Crippen molar-refractivity contribution in [3.05, 3.63) is 45.9 Å². The summed E-state index contributed by atoms with van der Waals surface area (Å²) in [4.78, 5) is 6.84. The van der Waals surface area contributed by atoms with Gasteiger partial charge < -0.3 is 0 Å². The zero-order valence-corrected chi connectivity index (χ0v) is 12.3. The van der Waals surface area contributed by atoms with E-state index in [1.54, 1.807) is 0 Å². The summed E-state index contributed by atoms with van der Waals surface area (Å²) in [6.45, 7) is 0. The highest BCUT2D eigenvalue weighted by molar-refractivity contribution is 9.10. The van der Waals surface area contributed by atoms with Crippen molar-refractivity contribution >= 4 is 43.5 Å². The number of halogens is 3. The highest BCUT2D eigenvalue weighted by Gasteiger charge is 2.20. The third-order valence-electron chi connectivity index (χ3n) is 2.03. The van der Waals surface area contributed by atoms with Crippen LogP contribution in [0.3, 0.4) is 0 Å². The fraction of sp³-hybridized carbons (Fsp3) is 0. The number of nitrogens with zero attached hydrogens (tertiary/aromatic N) is 2. The topological polar surface area (TPSA) is 72.0 Å². The van der Waals surface area contributed by atoms with E-state index in [9.17, 15) is 12.8 Å². The molecule has 0 saturated heterocycles. The Morgan fingerprint density at radius 1 is 1.32 bits per heavy atom.